The van der Waals surface area contributed by atoms with Crippen LogP contribution in [0.3, 0.4) is 0 Å². The molecule has 8 heteroatoms. The third kappa shape index (κ3) is 4.80. The molecular formula is C19H18ClN3O2S2. The van der Waals surface area contributed by atoms with Gasteiger partial charge in [-0.3, -0.25) is 4.79 Å². The van der Waals surface area contributed by atoms with Crippen molar-refractivity contribution in [1.29, 1.82) is 0 Å². The summed E-state index contributed by atoms with van der Waals surface area (Å²) in [6.45, 7) is 0.846. The minimum atomic E-state index is -0.239. The van der Waals surface area contributed by atoms with Gasteiger partial charge in [-0.05, 0) is 23.8 Å². The van der Waals surface area contributed by atoms with E-state index in [2.05, 4.69) is 9.97 Å². The Labute approximate surface area is 171 Å². The predicted octanol–water partition coefficient (Wildman–Crippen LogP) is 4.76. The first-order chi connectivity index (χ1) is 13.1. The molecule has 0 fully saturated rings. The quantitative estimate of drug-likeness (QED) is 0.408. The average molecular weight is 420 g/mol. The number of halogens is 1. The molecule has 0 N–H and O–H groups in total. The topological polar surface area (TPSA) is 55.3 Å². The second-order valence-corrected chi connectivity index (χ2v) is 7.82. The maximum Gasteiger partial charge on any atom is 0.274 e. The van der Waals surface area contributed by atoms with Crippen molar-refractivity contribution in [2.24, 2.45) is 0 Å². The first kappa shape index (κ1) is 19.7. The molecule has 3 aromatic rings. The molecule has 1 aromatic carbocycles. The molecule has 0 saturated carbocycles. The van der Waals surface area contributed by atoms with Gasteiger partial charge in [-0.15, -0.1) is 11.3 Å². The summed E-state index contributed by atoms with van der Waals surface area (Å²) in [6, 6.07) is 11.6. The Morgan fingerprint density at radius 3 is 2.78 bits per heavy atom. The molecular weight excluding hydrogens is 402 g/mol. The molecule has 0 aliphatic carbocycles. The SMILES string of the molecule is COc1ccccc1CN(Cc1cccs1)C(=O)c1nc(SC)ncc1Cl. The van der Waals surface area contributed by atoms with Gasteiger partial charge in [0.15, 0.2) is 10.9 Å². The summed E-state index contributed by atoms with van der Waals surface area (Å²) in [7, 11) is 1.62. The van der Waals surface area contributed by atoms with Crippen LogP contribution in [0.4, 0.5) is 0 Å². The van der Waals surface area contributed by atoms with E-state index >= 15 is 0 Å². The van der Waals surface area contributed by atoms with Gasteiger partial charge in [-0.1, -0.05) is 47.6 Å². The number of hydrogen-bond donors (Lipinski definition) is 0. The lowest BCUT2D eigenvalue weighted by Gasteiger charge is -2.23. The number of hydrogen-bond acceptors (Lipinski definition) is 6. The first-order valence-electron chi connectivity index (χ1n) is 8.12. The van der Waals surface area contributed by atoms with E-state index in [0.717, 1.165) is 16.2 Å². The lowest BCUT2D eigenvalue weighted by molar-refractivity contribution is 0.0723. The number of rotatable bonds is 7. The lowest BCUT2D eigenvalue weighted by atomic mass is 10.1. The fourth-order valence-electron chi connectivity index (χ4n) is 2.58. The molecule has 0 unspecified atom stereocenters. The van der Waals surface area contributed by atoms with E-state index in [1.807, 2.05) is 48.0 Å². The van der Waals surface area contributed by atoms with Gasteiger partial charge in [0.25, 0.3) is 5.91 Å². The second kappa shape index (κ2) is 9.21. The Morgan fingerprint density at radius 1 is 1.26 bits per heavy atom. The van der Waals surface area contributed by atoms with Crippen LogP contribution in [-0.2, 0) is 13.1 Å². The number of ether oxygens (including phenoxy) is 1. The standard InChI is InChI=1S/C19H18ClN3O2S2/c1-25-16-8-4-3-6-13(16)11-23(12-14-7-5-9-27-14)18(24)17-15(20)10-21-19(22-17)26-2/h3-10H,11-12H2,1-2H3. The second-order valence-electron chi connectivity index (χ2n) is 5.61. The number of benzene rings is 1. The maximum absolute atomic E-state index is 13.3. The van der Waals surface area contributed by atoms with Crippen molar-refractivity contribution < 1.29 is 9.53 Å². The molecule has 0 radical (unpaired) electrons. The molecule has 2 heterocycles. The summed E-state index contributed by atoms with van der Waals surface area (Å²) in [5.41, 5.74) is 1.13. The molecule has 0 spiro atoms. The van der Waals surface area contributed by atoms with Crippen LogP contribution in [0.25, 0.3) is 0 Å². The van der Waals surface area contributed by atoms with E-state index in [1.165, 1.54) is 18.0 Å². The van der Waals surface area contributed by atoms with Gasteiger partial charge >= 0.3 is 0 Å². The highest BCUT2D eigenvalue weighted by Gasteiger charge is 2.23. The van der Waals surface area contributed by atoms with E-state index in [4.69, 9.17) is 16.3 Å². The molecule has 1 amide bonds. The third-order valence-corrected chi connectivity index (χ3v) is 5.57. The lowest BCUT2D eigenvalue weighted by Crippen LogP contribution is -2.31. The normalized spacial score (nSPS) is 10.6. The molecule has 0 saturated heterocycles. The highest BCUT2D eigenvalue weighted by atomic mass is 35.5. The number of para-hydroxylation sites is 1. The summed E-state index contributed by atoms with van der Waals surface area (Å²) in [5.74, 6) is 0.497. The number of methoxy groups -OCH3 is 1. The molecule has 27 heavy (non-hydrogen) atoms. The van der Waals surface area contributed by atoms with Crippen molar-refractivity contribution in [3.63, 3.8) is 0 Å². The summed E-state index contributed by atoms with van der Waals surface area (Å²) in [6.07, 6.45) is 3.33. The van der Waals surface area contributed by atoms with Crippen molar-refractivity contribution in [2.75, 3.05) is 13.4 Å². The van der Waals surface area contributed by atoms with Gasteiger partial charge in [0.1, 0.15) is 5.75 Å². The number of thiophene rings is 1. The molecule has 0 aliphatic rings. The molecule has 2 aromatic heterocycles. The number of carbonyl (C=O) groups excluding carboxylic acids is 1. The van der Waals surface area contributed by atoms with Crippen LogP contribution in [0.1, 0.15) is 20.9 Å². The average Bonchev–Trinajstić information content (AvgIpc) is 3.21. The van der Waals surface area contributed by atoms with E-state index < -0.39 is 0 Å². The molecule has 3 rings (SSSR count). The predicted molar refractivity (Wildman–Crippen MR) is 110 cm³/mol. The van der Waals surface area contributed by atoms with E-state index in [-0.39, 0.29) is 16.6 Å². The Kier molecular flexibility index (Phi) is 6.71. The van der Waals surface area contributed by atoms with Crippen LogP contribution in [0, 0.1) is 0 Å². The van der Waals surface area contributed by atoms with Crippen LogP contribution in [0.15, 0.2) is 53.1 Å². The minimum absolute atomic E-state index is 0.211. The van der Waals surface area contributed by atoms with Gasteiger partial charge < -0.3 is 9.64 Å². The summed E-state index contributed by atoms with van der Waals surface area (Å²) in [5, 5.41) is 2.75. The molecule has 140 valence electrons. The molecule has 0 aliphatic heterocycles. The van der Waals surface area contributed by atoms with Gasteiger partial charge in [-0.25, -0.2) is 9.97 Å². The highest BCUT2D eigenvalue weighted by molar-refractivity contribution is 7.98. The fourth-order valence-corrected chi connectivity index (χ4v) is 3.81. The molecule has 0 atom stereocenters. The number of nitrogens with zero attached hydrogens (tertiary/aromatic N) is 3. The van der Waals surface area contributed by atoms with Crippen LogP contribution in [-0.4, -0.2) is 34.1 Å². The summed E-state index contributed by atoms with van der Waals surface area (Å²) >= 11 is 9.20. The largest absolute Gasteiger partial charge is 0.496 e. The fraction of sp³-hybridized carbons (Fsp3) is 0.211. The Balaban J connectivity index is 1.95. The minimum Gasteiger partial charge on any atom is -0.496 e. The number of carbonyl (C=O) groups is 1. The Morgan fingerprint density at radius 2 is 2.07 bits per heavy atom. The number of aromatic nitrogens is 2. The zero-order valence-corrected chi connectivity index (χ0v) is 17.3. The van der Waals surface area contributed by atoms with E-state index in [9.17, 15) is 4.79 Å². The van der Waals surface area contributed by atoms with Gasteiger partial charge in [0.05, 0.1) is 31.4 Å². The molecule has 0 bridgehead atoms. The third-order valence-electron chi connectivity index (χ3n) is 3.87. The summed E-state index contributed by atoms with van der Waals surface area (Å²) in [4.78, 5) is 24.5. The first-order valence-corrected chi connectivity index (χ1v) is 10.6. The van der Waals surface area contributed by atoms with Gasteiger partial charge in [-0.2, -0.15) is 0 Å². The van der Waals surface area contributed by atoms with Gasteiger partial charge in [0.2, 0.25) is 0 Å². The van der Waals surface area contributed by atoms with Crippen molar-refractivity contribution in [1.82, 2.24) is 14.9 Å². The van der Waals surface area contributed by atoms with Crippen LogP contribution in [0.2, 0.25) is 5.02 Å². The van der Waals surface area contributed by atoms with Crippen molar-refractivity contribution in [3.05, 3.63) is 69.1 Å². The van der Waals surface area contributed by atoms with Crippen molar-refractivity contribution in [3.8, 4) is 5.75 Å². The van der Waals surface area contributed by atoms with Crippen LogP contribution < -0.4 is 4.74 Å². The smallest absolute Gasteiger partial charge is 0.274 e. The molecule has 5 nitrogen and oxygen atoms in total. The monoisotopic (exact) mass is 419 g/mol. The maximum atomic E-state index is 13.3. The van der Waals surface area contributed by atoms with Crippen molar-refractivity contribution in [2.45, 2.75) is 18.2 Å². The van der Waals surface area contributed by atoms with E-state index in [1.54, 1.807) is 23.3 Å². The number of amides is 1. The van der Waals surface area contributed by atoms with Gasteiger partial charge in [0, 0.05) is 10.4 Å². The van der Waals surface area contributed by atoms with Crippen molar-refractivity contribution >= 4 is 40.6 Å². The zero-order chi connectivity index (χ0) is 19.2. The Hall–Kier alpha value is -2.09. The zero-order valence-electron chi connectivity index (χ0n) is 14.9. The van der Waals surface area contributed by atoms with Crippen LogP contribution in [0.5, 0.6) is 5.75 Å². The summed E-state index contributed by atoms with van der Waals surface area (Å²) < 4.78 is 5.44. The highest BCUT2D eigenvalue weighted by Crippen LogP contribution is 2.25. The van der Waals surface area contributed by atoms with Crippen LogP contribution >= 0.6 is 34.7 Å². The Bertz CT molecular complexity index is 919. The number of thioether (sulfide) groups is 1. The van der Waals surface area contributed by atoms with E-state index in [0.29, 0.717) is 18.2 Å².